The van der Waals surface area contributed by atoms with Crippen LogP contribution >= 0.6 is 24.0 Å². The van der Waals surface area contributed by atoms with Crippen LogP contribution in [0.15, 0.2) is 65.8 Å². The summed E-state index contributed by atoms with van der Waals surface area (Å²) in [5, 5.41) is 10.7. The number of aryl methyl sites for hydroxylation is 1. The van der Waals surface area contributed by atoms with E-state index in [0.717, 1.165) is 31.0 Å². The lowest BCUT2D eigenvalue weighted by Gasteiger charge is -2.13. The maximum absolute atomic E-state index is 11.5. The molecule has 0 bridgehead atoms. The van der Waals surface area contributed by atoms with Gasteiger partial charge in [0.2, 0.25) is 0 Å². The van der Waals surface area contributed by atoms with Crippen LogP contribution in [0.4, 0.5) is 0 Å². The molecule has 1 aromatic heterocycles. The lowest BCUT2D eigenvalue weighted by Crippen LogP contribution is -2.37. The first kappa shape index (κ1) is 25.5. The molecule has 0 aliphatic rings. The Balaban J connectivity index is 0.00000363. The van der Waals surface area contributed by atoms with Gasteiger partial charge in [0.1, 0.15) is 5.75 Å². The molecule has 0 aliphatic heterocycles. The summed E-state index contributed by atoms with van der Waals surface area (Å²) >= 11 is 0. The molecule has 0 atom stereocenters. The molecule has 0 saturated heterocycles. The van der Waals surface area contributed by atoms with Crippen molar-refractivity contribution < 1.29 is 9.53 Å². The second kappa shape index (κ2) is 13.6. The molecule has 1 heterocycles. The first-order chi connectivity index (χ1) is 15.2. The predicted octanol–water partition coefficient (Wildman–Crippen LogP) is 3.53. The molecule has 0 fully saturated rings. The number of para-hydroxylation sites is 1. The summed E-state index contributed by atoms with van der Waals surface area (Å²) in [7, 11) is 1.76. The van der Waals surface area contributed by atoms with E-state index in [4.69, 9.17) is 4.74 Å². The van der Waals surface area contributed by atoms with E-state index in [-0.39, 0.29) is 36.5 Å². The van der Waals surface area contributed by atoms with E-state index in [2.05, 4.69) is 62.0 Å². The Hall–Kier alpha value is -2.75. The van der Waals surface area contributed by atoms with Gasteiger partial charge in [0.15, 0.2) is 12.6 Å². The number of aromatic nitrogens is 1. The number of benzene rings is 2. The van der Waals surface area contributed by atoms with Gasteiger partial charge in [-0.3, -0.25) is 9.79 Å². The van der Waals surface area contributed by atoms with Gasteiger partial charge in [-0.1, -0.05) is 30.3 Å². The number of ether oxygens (including phenoxy) is 1. The van der Waals surface area contributed by atoms with Crippen LogP contribution in [0, 0.1) is 0 Å². The number of hydrogen-bond acceptors (Lipinski definition) is 3. The van der Waals surface area contributed by atoms with E-state index >= 15 is 0 Å². The van der Waals surface area contributed by atoms with Crippen molar-refractivity contribution in [1.29, 1.82) is 0 Å². The first-order valence-corrected chi connectivity index (χ1v) is 10.7. The number of nitrogens with zero attached hydrogens (tertiary/aromatic N) is 2. The average Bonchev–Trinajstić information content (AvgIpc) is 3.21. The Morgan fingerprint density at radius 3 is 2.72 bits per heavy atom. The number of likely N-dealkylation sites (N-methyl/N-ethyl adjacent to an activating group) is 1. The molecule has 32 heavy (non-hydrogen) atoms. The molecule has 3 aromatic rings. The number of guanidine groups is 1. The Kier molecular flexibility index (Phi) is 10.9. The van der Waals surface area contributed by atoms with Crippen molar-refractivity contribution in [2.75, 3.05) is 26.7 Å². The molecular weight excluding hydrogens is 517 g/mol. The third-order valence-electron chi connectivity index (χ3n) is 4.87. The minimum atomic E-state index is -0.122. The Labute approximate surface area is 206 Å². The fourth-order valence-electron chi connectivity index (χ4n) is 3.34. The summed E-state index contributed by atoms with van der Waals surface area (Å²) in [4.78, 5) is 15.8. The molecule has 172 valence electrons. The highest BCUT2D eigenvalue weighted by Gasteiger charge is 2.04. The van der Waals surface area contributed by atoms with Gasteiger partial charge >= 0.3 is 0 Å². The number of rotatable bonds is 10. The van der Waals surface area contributed by atoms with Crippen LogP contribution < -0.4 is 20.7 Å². The van der Waals surface area contributed by atoms with Crippen LogP contribution in [0.5, 0.6) is 5.75 Å². The quantitative estimate of drug-likeness (QED) is 0.157. The van der Waals surface area contributed by atoms with Gasteiger partial charge in [-0.2, -0.15) is 0 Å². The summed E-state index contributed by atoms with van der Waals surface area (Å²) in [5.41, 5.74) is 2.31. The molecule has 0 saturated carbocycles. The zero-order valence-electron chi connectivity index (χ0n) is 18.6. The molecule has 1 amide bonds. The number of halogens is 1. The maximum atomic E-state index is 11.5. The van der Waals surface area contributed by atoms with Crippen molar-refractivity contribution in [1.82, 2.24) is 20.5 Å². The van der Waals surface area contributed by atoms with Crippen LogP contribution in [0.3, 0.4) is 0 Å². The first-order valence-electron chi connectivity index (χ1n) is 10.7. The zero-order valence-corrected chi connectivity index (χ0v) is 21.0. The number of carbonyl (C=O) groups is 1. The summed E-state index contributed by atoms with van der Waals surface area (Å²) in [6.07, 6.45) is 3.13. The van der Waals surface area contributed by atoms with Gasteiger partial charge in [0.05, 0.1) is 0 Å². The number of aliphatic imine (C=N–C) groups is 1. The molecule has 3 N–H and O–H groups in total. The third-order valence-corrected chi connectivity index (χ3v) is 4.87. The molecule has 0 spiro atoms. The van der Waals surface area contributed by atoms with Gasteiger partial charge in [-0.15, -0.1) is 24.0 Å². The van der Waals surface area contributed by atoms with Crippen molar-refractivity contribution >= 4 is 46.7 Å². The summed E-state index contributed by atoms with van der Waals surface area (Å²) in [6.45, 7) is 4.88. The lowest BCUT2D eigenvalue weighted by atomic mass is 10.2. The van der Waals surface area contributed by atoms with Crippen LogP contribution in [0.2, 0.25) is 0 Å². The third kappa shape index (κ3) is 7.74. The van der Waals surface area contributed by atoms with E-state index in [1.807, 2.05) is 31.2 Å². The summed E-state index contributed by atoms with van der Waals surface area (Å²) in [6, 6.07) is 18.3. The van der Waals surface area contributed by atoms with E-state index < -0.39 is 0 Å². The van der Waals surface area contributed by atoms with Crippen LogP contribution in [0.1, 0.15) is 18.9 Å². The van der Waals surface area contributed by atoms with Gasteiger partial charge in [0, 0.05) is 44.9 Å². The molecule has 2 aromatic carbocycles. The average molecular weight is 549 g/mol. The minimum absolute atomic E-state index is 0. The number of fused-ring (bicyclic) bond motifs is 1. The van der Waals surface area contributed by atoms with Gasteiger partial charge < -0.3 is 25.3 Å². The number of amides is 1. The predicted molar refractivity (Wildman–Crippen MR) is 141 cm³/mol. The zero-order chi connectivity index (χ0) is 21.9. The molecule has 0 aliphatic carbocycles. The maximum Gasteiger partial charge on any atom is 0.257 e. The highest BCUT2D eigenvalue weighted by atomic mass is 127. The van der Waals surface area contributed by atoms with Crippen molar-refractivity contribution in [3.8, 4) is 5.75 Å². The van der Waals surface area contributed by atoms with Gasteiger partial charge in [0.25, 0.3) is 5.91 Å². The Morgan fingerprint density at radius 2 is 1.91 bits per heavy atom. The fourth-order valence-corrected chi connectivity index (χ4v) is 3.34. The van der Waals surface area contributed by atoms with E-state index in [0.29, 0.717) is 18.8 Å². The van der Waals surface area contributed by atoms with Crippen LogP contribution in [-0.4, -0.2) is 43.2 Å². The van der Waals surface area contributed by atoms with Crippen molar-refractivity contribution in [2.24, 2.45) is 4.99 Å². The molecule has 0 unspecified atom stereocenters. The Bertz CT molecular complexity index is 1020. The van der Waals surface area contributed by atoms with E-state index in [9.17, 15) is 4.79 Å². The molecule has 3 rings (SSSR count). The minimum Gasteiger partial charge on any atom is -0.484 e. The highest BCUT2D eigenvalue weighted by molar-refractivity contribution is 14.0. The lowest BCUT2D eigenvalue weighted by molar-refractivity contribution is -0.122. The number of carbonyl (C=O) groups excluding carboxylic acids is 1. The monoisotopic (exact) mass is 549 g/mol. The van der Waals surface area contributed by atoms with E-state index in [1.165, 1.54) is 10.9 Å². The SMILES string of the molecule is CCNC(=O)COc1cccc(CNC(=NC)NCCCn2ccc3ccccc32)c1.I. The van der Waals surface area contributed by atoms with Crippen LogP contribution in [0.25, 0.3) is 10.9 Å². The smallest absolute Gasteiger partial charge is 0.257 e. The molecule has 0 radical (unpaired) electrons. The van der Waals surface area contributed by atoms with Gasteiger partial charge in [-0.25, -0.2) is 0 Å². The standard InChI is InChI=1S/C24H31N5O2.HI/c1-3-26-23(30)18-31-21-10-6-8-19(16-21)17-28-24(25-2)27-13-7-14-29-15-12-20-9-4-5-11-22(20)29;/h4-6,8-12,15-16H,3,7,13-14,17-18H2,1-2H3,(H,26,30)(H2,25,27,28);1H. The van der Waals surface area contributed by atoms with E-state index in [1.54, 1.807) is 7.05 Å². The van der Waals surface area contributed by atoms with Crippen LogP contribution in [-0.2, 0) is 17.9 Å². The summed E-state index contributed by atoms with van der Waals surface area (Å²) in [5.74, 6) is 1.31. The highest BCUT2D eigenvalue weighted by Crippen LogP contribution is 2.15. The second-order valence-corrected chi connectivity index (χ2v) is 7.16. The molecule has 7 nitrogen and oxygen atoms in total. The fraction of sp³-hybridized carbons (Fsp3) is 0.333. The number of hydrogen-bond donors (Lipinski definition) is 3. The van der Waals surface area contributed by atoms with Crippen molar-refractivity contribution in [3.63, 3.8) is 0 Å². The Morgan fingerprint density at radius 1 is 1.06 bits per heavy atom. The second-order valence-electron chi connectivity index (χ2n) is 7.16. The largest absolute Gasteiger partial charge is 0.484 e. The molecular formula is C24H32IN5O2. The van der Waals surface area contributed by atoms with Crippen molar-refractivity contribution in [3.05, 3.63) is 66.4 Å². The van der Waals surface area contributed by atoms with Crippen molar-refractivity contribution in [2.45, 2.75) is 26.4 Å². The molecule has 8 heteroatoms. The normalized spacial score (nSPS) is 11.0. The summed E-state index contributed by atoms with van der Waals surface area (Å²) < 4.78 is 7.83. The topological polar surface area (TPSA) is 79.7 Å². The van der Waals surface area contributed by atoms with Gasteiger partial charge in [-0.05, 0) is 48.6 Å². The number of nitrogens with one attached hydrogen (secondary N) is 3.